The Hall–Kier alpha value is -3.92. The molecule has 2 aromatic carbocycles. The van der Waals surface area contributed by atoms with E-state index < -0.39 is 11.9 Å². The van der Waals surface area contributed by atoms with Crippen molar-refractivity contribution in [2.45, 2.75) is 26.3 Å². The van der Waals surface area contributed by atoms with Gasteiger partial charge in [0.1, 0.15) is 5.82 Å². The number of hydrogen-bond acceptors (Lipinski definition) is 7. The zero-order valence-electron chi connectivity index (χ0n) is 20.7. The highest BCUT2D eigenvalue weighted by Crippen LogP contribution is 2.38. The predicted molar refractivity (Wildman–Crippen MR) is 131 cm³/mol. The fourth-order valence-corrected chi connectivity index (χ4v) is 4.16. The molecule has 4 rings (SSSR count). The fourth-order valence-electron chi connectivity index (χ4n) is 4.16. The quantitative estimate of drug-likeness (QED) is 0.402. The monoisotopic (exact) mass is 496 g/mol. The summed E-state index contributed by atoms with van der Waals surface area (Å²) in [6.45, 7) is 5.32. The topological polar surface area (TPSA) is 99.0 Å². The van der Waals surface area contributed by atoms with Gasteiger partial charge in [-0.25, -0.2) is 9.18 Å². The first-order valence-electron chi connectivity index (χ1n) is 11.6. The van der Waals surface area contributed by atoms with Gasteiger partial charge in [0.25, 0.3) is 5.89 Å². The fraction of sp³-hybridized carbons (Fsp3) is 0.346. The smallest absolute Gasteiger partial charge is 0.322 e. The molecule has 0 fully saturated rings. The van der Waals surface area contributed by atoms with Gasteiger partial charge >= 0.3 is 6.03 Å². The number of halogens is 1. The summed E-state index contributed by atoms with van der Waals surface area (Å²) in [5, 5.41) is 7.13. The lowest BCUT2D eigenvalue weighted by atomic mass is 9.94. The first-order chi connectivity index (χ1) is 17.5. The normalized spacial score (nSPS) is 15.8. The molecule has 0 aliphatic carbocycles. The van der Waals surface area contributed by atoms with Crippen LogP contribution in [0, 0.1) is 5.82 Å². The SMILES string of the molecule is CCOCCCN1C(=O)NC(c2cccc(F)c2)C(c2nc(-c3ccc(OC)c(OC)c3)no2)=C1C. The third kappa shape index (κ3) is 5.18. The molecule has 0 spiro atoms. The van der Waals surface area contributed by atoms with Crippen molar-refractivity contribution in [1.29, 1.82) is 0 Å². The molecule has 0 saturated carbocycles. The minimum Gasteiger partial charge on any atom is -0.493 e. The molecule has 1 atom stereocenters. The summed E-state index contributed by atoms with van der Waals surface area (Å²) in [5.41, 5.74) is 2.47. The van der Waals surface area contributed by atoms with Crippen LogP contribution in [0.5, 0.6) is 11.5 Å². The Morgan fingerprint density at radius 1 is 1.14 bits per heavy atom. The van der Waals surface area contributed by atoms with Crippen LogP contribution in [0.1, 0.15) is 37.8 Å². The van der Waals surface area contributed by atoms with E-state index in [4.69, 9.17) is 18.7 Å². The Bertz CT molecular complexity index is 1260. The minimum absolute atomic E-state index is 0.223. The molecule has 1 unspecified atom stereocenters. The molecule has 36 heavy (non-hydrogen) atoms. The molecule has 3 aromatic rings. The summed E-state index contributed by atoms with van der Waals surface area (Å²) in [5.74, 6) is 1.26. The van der Waals surface area contributed by atoms with Gasteiger partial charge in [-0.2, -0.15) is 4.98 Å². The number of benzene rings is 2. The third-order valence-electron chi connectivity index (χ3n) is 5.95. The van der Waals surface area contributed by atoms with Crippen LogP contribution in [0.25, 0.3) is 17.0 Å². The van der Waals surface area contributed by atoms with E-state index in [1.807, 2.05) is 13.8 Å². The number of amides is 2. The van der Waals surface area contributed by atoms with Gasteiger partial charge < -0.3 is 24.1 Å². The average molecular weight is 497 g/mol. The van der Waals surface area contributed by atoms with Gasteiger partial charge in [-0.3, -0.25) is 4.90 Å². The lowest BCUT2D eigenvalue weighted by Crippen LogP contribution is -2.46. The Labute approximate surface area is 208 Å². The Morgan fingerprint density at radius 2 is 1.94 bits per heavy atom. The molecule has 0 bridgehead atoms. The largest absolute Gasteiger partial charge is 0.493 e. The molecule has 2 amide bonds. The van der Waals surface area contributed by atoms with E-state index in [0.29, 0.717) is 65.9 Å². The van der Waals surface area contributed by atoms with Crippen LogP contribution in [0.2, 0.25) is 0 Å². The van der Waals surface area contributed by atoms with E-state index in [1.54, 1.807) is 49.5 Å². The van der Waals surface area contributed by atoms with E-state index in [9.17, 15) is 9.18 Å². The third-order valence-corrected chi connectivity index (χ3v) is 5.95. The van der Waals surface area contributed by atoms with Crippen molar-refractivity contribution in [3.8, 4) is 22.9 Å². The van der Waals surface area contributed by atoms with Gasteiger partial charge in [-0.05, 0) is 56.2 Å². The average Bonchev–Trinajstić information content (AvgIpc) is 3.37. The number of methoxy groups -OCH3 is 2. The van der Waals surface area contributed by atoms with Gasteiger partial charge in [-0.15, -0.1) is 0 Å². The number of rotatable bonds is 10. The van der Waals surface area contributed by atoms with Crippen molar-refractivity contribution >= 4 is 11.6 Å². The van der Waals surface area contributed by atoms with Crippen LogP contribution >= 0.6 is 0 Å². The van der Waals surface area contributed by atoms with E-state index in [-0.39, 0.29) is 11.9 Å². The van der Waals surface area contributed by atoms with E-state index in [1.165, 1.54) is 12.1 Å². The number of ether oxygens (including phenoxy) is 3. The van der Waals surface area contributed by atoms with Crippen molar-refractivity contribution in [2.24, 2.45) is 0 Å². The van der Waals surface area contributed by atoms with Gasteiger partial charge in [-0.1, -0.05) is 17.3 Å². The zero-order chi connectivity index (χ0) is 25.7. The number of allylic oxidation sites excluding steroid dienone is 1. The second kappa shape index (κ2) is 11.2. The lowest BCUT2D eigenvalue weighted by molar-refractivity contribution is 0.136. The molecule has 0 saturated heterocycles. The first kappa shape index (κ1) is 25.2. The second-order valence-electron chi connectivity index (χ2n) is 8.13. The highest BCUT2D eigenvalue weighted by molar-refractivity contribution is 5.86. The van der Waals surface area contributed by atoms with Gasteiger partial charge in [0, 0.05) is 31.0 Å². The van der Waals surface area contributed by atoms with Gasteiger partial charge in [0.15, 0.2) is 11.5 Å². The minimum atomic E-state index is -0.671. The van der Waals surface area contributed by atoms with Gasteiger partial charge in [0.2, 0.25) is 5.82 Å². The number of hydrogen-bond donors (Lipinski definition) is 1. The molecule has 1 aliphatic rings. The molecule has 1 N–H and O–H groups in total. The highest BCUT2D eigenvalue weighted by atomic mass is 19.1. The van der Waals surface area contributed by atoms with Crippen LogP contribution in [-0.2, 0) is 4.74 Å². The maximum absolute atomic E-state index is 14.1. The summed E-state index contributed by atoms with van der Waals surface area (Å²) in [7, 11) is 3.11. The Kier molecular flexibility index (Phi) is 7.84. The van der Waals surface area contributed by atoms with Crippen LogP contribution < -0.4 is 14.8 Å². The summed E-state index contributed by atoms with van der Waals surface area (Å²) < 4.78 is 35.9. The maximum atomic E-state index is 14.1. The second-order valence-corrected chi connectivity index (χ2v) is 8.13. The molecule has 1 aliphatic heterocycles. The molecular weight excluding hydrogens is 467 g/mol. The predicted octanol–water partition coefficient (Wildman–Crippen LogP) is 4.82. The number of nitrogens with one attached hydrogen (secondary N) is 1. The molecular formula is C26H29FN4O5. The summed E-state index contributed by atoms with van der Waals surface area (Å²) in [6, 6.07) is 10.4. The molecule has 0 radical (unpaired) electrons. The first-order valence-corrected chi connectivity index (χ1v) is 11.6. The van der Waals surface area contributed by atoms with Crippen molar-refractivity contribution in [3.05, 3.63) is 65.4 Å². The van der Waals surface area contributed by atoms with Crippen molar-refractivity contribution < 1.29 is 27.9 Å². The lowest BCUT2D eigenvalue weighted by Gasteiger charge is -2.35. The number of carbonyl (C=O) groups excluding carboxylic acids is 1. The molecule has 10 heteroatoms. The van der Waals surface area contributed by atoms with Crippen molar-refractivity contribution in [3.63, 3.8) is 0 Å². The van der Waals surface area contributed by atoms with Crippen LogP contribution in [0.4, 0.5) is 9.18 Å². The Balaban J connectivity index is 1.74. The van der Waals surface area contributed by atoms with Crippen molar-refractivity contribution in [1.82, 2.24) is 20.4 Å². The summed E-state index contributed by atoms with van der Waals surface area (Å²) in [4.78, 5) is 19.3. The molecule has 1 aromatic heterocycles. The number of urea groups is 1. The van der Waals surface area contributed by atoms with E-state index >= 15 is 0 Å². The summed E-state index contributed by atoms with van der Waals surface area (Å²) >= 11 is 0. The van der Waals surface area contributed by atoms with Crippen LogP contribution in [0.3, 0.4) is 0 Å². The van der Waals surface area contributed by atoms with Crippen LogP contribution in [-0.4, -0.2) is 55.0 Å². The van der Waals surface area contributed by atoms with E-state index in [2.05, 4.69) is 15.5 Å². The van der Waals surface area contributed by atoms with Crippen LogP contribution in [0.15, 0.2) is 52.7 Å². The summed E-state index contributed by atoms with van der Waals surface area (Å²) in [6.07, 6.45) is 0.650. The zero-order valence-corrected chi connectivity index (χ0v) is 20.7. The molecule has 9 nitrogen and oxygen atoms in total. The van der Waals surface area contributed by atoms with Gasteiger partial charge in [0.05, 0.1) is 25.8 Å². The Morgan fingerprint density at radius 3 is 2.67 bits per heavy atom. The maximum Gasteiger partial charge on any atom is 0.322 e. The highest BCUT2D eigenvalue weighted by Gasteiger charge is 2.35. The molecule has 2 heterocycles. The number of nitrogens with zero attached hydrogens (tertiary/aromatic N) is 3. The number of aromatic nitrogens is 2. The van der Waals surface area contributed by atoms with E-state index in [0.717, 1.165) is 0 Å². The molecule has 190 valence electrons. The van der Waals surface area contributed by atoms with Crippen molar-refractivity contribution in [2.75, 3.05) is 34.0 Å². The number of carbonyl (C=O) groups is 1. The standard InChI is InChI=1S/C26H29FN4O5/c1-5-35-13-7-12-31-16(2)22(23(28-26(31)32)17-8-6-9-19(27)14-17)25-29-24(30-36-25)18-10-11-20(33-3)21(15-18)34-4/h6,8-11,14-15,23H,5,7,12-13H2,1-4H3,(H,28,32).